The second-order valence-corrected chi connectivity index (χ2v) is 8.09. The highest BCUT2D eigenvalue weighted by Crippen LogP contribution is 2.30. The van der Waals surface area contributed by atoms with Gasteiger partial charge >= 0.3 is 0 Å². The van der Waals surface area contributed by atoms with Crippen LogP contribution < -0.4 is 19.5 Å². The maximum atomic E-state index is 6.31. The lowest BCUT2D eigenvalue weighted by Gasteiger charge is -2.16. The Morgan fingerprint density at radius 1 is 0.758 bits per heavy atom. The van der Waals surface area contributed by atoms with Gasteiger partial charge in [0, 0.05) is 12.1 Å². The largest absolute Gasteiger partial charge is 0.493 e. The molecule has 0 atom stereocenters. The minimum atomic E-state index is 0.559. The van der Waals surface area contributed by atoms with Gasteiger partial charge in [-0.15, -0.1) is 0 Å². The van der Waals surface area contributed by atoms with Gasteiger partial charge in [0.15, 0.2) is 11.5 Å². The highest BCUT2D eigenvalue weighted by atomic mass is 16.5. The Labute approximate surface area is 196 Å². The topological polar surface area (TPSA) is 39.7 Å². The maximum absolute atomic E-state index is 6.31. The number of hydrogen-bond donors (Lipinski definition) is 1. The molecule has 170 valence electrons. The standard InChI is InChI=1S/C29H31NO3/c1-21-8-4-5-10-24(21)20-33-27-15-13-23-9-6-7-11-25(23)26(27)19-30-17-16-22-12-14-28(31-2)29(18-22)32-3/h4-15,18,30H,16-17,19-20H2,1-3H3. The molecule has 0 aliphatic heterocycles. The zero-order valence-corrected chi connectivity index (χ0v) is 19.6. The minimum Gasteiger partial charge on any atom is -0.493 e. The molecule has 0 spiro atoms. The van der Waals surface area contributed by atoms with Crippen LogP contribution in [0.25, 0.3) is 10.8 Å². The van der Waals surface area contributed by atoms with Crippen molar-refractivity contribution in [3.8, 4) is 17.2 Å². The fraction of sp³-hybridized carbons (Fsp3) is 0.241. The van der Waals surface area contributed by atoms with Crippen molar-refractivity contribution in [1.82, 2.24) is 5.32 Å². The molecule has 0 aliphatic rings. The lowest BCUT2D eigenvalue weighted by Crippen LogP contribution is -2.17. The first-order chi connectivity index (χ1) is 16.2. The van der Waals surface area contributed by atoms with Gasteiger partial charge in [-0.25, -0.2) is 0 Å². The second-order valence-electron chi connectivity index (χ2n) is 8.09. The average molecular weight is 442 g/mol. The molecule has 1 N–H and O–H groups in total. The molecule has 4 heteroatoms. The Balaban J connectivity index is 1.46. The molecule has 33 heavy (non-hydrogen) atoms. The van der Waals surface area contributed by atoms with E-state index in [4.69, 9.17) is 14.2 Å². The van der Waals surface area contributed by atoms with Crippen molar-refractivity contribution in [3.05, 3.63) is 101 Å². The number of methoxy groups -OCH3 is 2. The van der Waals surface area contributed by atoms with Crippen molar-refractivity contribution < 1.29 is 14.2 Å². The van der Waals surface area contributed by atoms with E-state index in [1.807, 2.05) is 12.1 Å². The van der Waals surface area contributed by atoms with E-state index in [1.54, 1.807) is 14.2 Å². The molecule has 4 aromatic carbocycles. The molecular formula is C29H31NO3. The quantitative estimate of drug-likeness (QED) is 0.303. The number of benzene rings is 4. The maximum Gasteiger partial charge on any atom is 0.160 e. The summed E-state index contributed by atoms with van der Waals surface area (Å²) in [5, 5.41) is 6.05. The normalized spacial score (nSPS) is 10.9. The van der Waals surface area contributed by atoms with Crippen LogP contribution in [0.4, 0.5) is 0 Å². The third-order valence-corrected chi connectivity index (χ3v) is 5.98. The molecular weight excluding hydrogens is 410 g/mol. The van der Waals surface area contributed by atoms with Gasteiger partial charge in [-0.3, -0.25) is 0 Å². The van der Waals surface area contributed by atoms with Crippen LogP contribution in [0, 0.1) is 6.92 Å². The summed E-state index contributed by atoms with van der Waals surface area (Å²) in [6.07, 6.45) is 0.893. The molecule has 0 aromatic heterocycles. The first kappa shape index (κ1) is 22.7. The molecule has 0 saturated carbocycles. The predicted octanol–water partition coefficient (Wildman–Crippen LogP) is 6.08. The van der Waals surface area contributed by atoms with Gasteiger partial charge in [0.1, 0.15) is 12.4 Å². The summed E-state index contributed by atoms with van der Waals surface area (Å²) in [6.45, 7) is 4.26. The highest BCUT2D eigenvalue weighted by Gasteiger charge is 2.10. The molecule has 0 aliphatic carbocycles. The fourth-order valence-electron chi connectivity index (χ4n) is 4.04. The zero-order valence-electron chi connectivity index (χ0n) is 19.6. The van der Waals surface area contributed by atoms with Crippen molar-refractivity contribution >= 4 is 10.8 Å². The van der Waals surface area contributed by atoms with Crippen LogP contribution in [0.5, 0.6) is 17.2 Å². The van der Waals surface area contributed by atoms with E-state index in [-0.39, 0.29) is 0 Å². The van der Waals surface area contributed by atoms with Crippen LogP contribution in [-0.2, 0) is 19.6 Å². The van der Waals surface area contributed by atoms with Crippen molar-refractivity contribution in [1.29, 1.82) is 0 Å². The summed E-state index contributed by atoms with van der Waals surface area (Å²) < 4.78 is 17.1. The summed E-state index contributed by atoms with van der Waals surface area (Å²) in [5.41, 5.74) is 4.84. The number of ether oxygens (including phenoxy) is 3. The minimum absolute atomic E-state index is 0.559. The van der Waals surface area contributed by atoms with Gasteiger partial charge in [-0.2, -0.15) is 0 Å². The first-order valence-electron chi connectivity index (χ1n) is 11.3. The van der Waals surface area contributed by atoms with Gasteiger partial charge < -0.3 is 19.5 Å². The molecule has 4 aromatic rings. The lowest BCUT2D eigenvalue weighted by atomic mass is 10.0. The van der Waals surface area contributed by atoms with Gasteiger partial charge in [0.25, 0.3) is 0 Å². The fourth-order valence-corrected chi connectivity index (χ4v) is 4.04. The van der Waals surface area contributed by atoms with E-state index in [0.717, 1.165) is 36.8 Å². The Morgan fingerprint density at radius 3 is 2.33 bits per heavy atom. The summed E-state index contributed by atoms with van der Waals surface area (Å²) in [5.74, 6) is 2.44. The van der Waals surface area contributed by atoms with Crippen molar-refractivity contribution in [2.24, 2.45) is 0 Å². The molecule has 0 heterocycles. The second kappa shape index (κ2) is 10.9. The Hall–Kier alpha value is -3.50. The summed E-state index contributed by atoms with van der Waals surface area (Å²) in [6, 6.07) is 27.1. The smallest absolute Gasteiger partial charge is 0.160 e. The van der Waals surface area contributed by atoms with E-state index in [9.17, 15) is 0 Å². The van der Waals surface area contributed by atoms with Crippen LogP contribution in [-0.4, -0.2) is 20.8 Å². The van der Waals surface area contributed by atoms with Crippen LogP contribution in [0.15, 0.2) is 78.9 Å². The Morgan fingerprint density at radius 2 is 1.52 bits per heavy atom. The number of nitrogens with one attached hydrogen (secondary N) is 1. The van der Waals surface area contributed by atoms with E-state index in [2.05, 4.69) is 79.0 Å². The molecule has 0 fully saturated rings. The zero-order chi connectivity index (χ0) is 23.0. The summed E-state index contributed by atoms with van der Waals surface area (Å²) in [7, 11) is 3.32. The van der Waals surface area contributed by atoms with Crippen molar-refractivity contribution in [3.63, 3.8) is 0 Å². The number of hydrogen-bond acceptors (Lipinski definition) is 4. The van der Waals surface area contributed by atoms with Crippen molar-refractivity contribution in [2.45, 2.75) is 26.5 Å². The van der Waals surface area contributed by atoms with Crippen LogP contribution in [0.2, 0.25) is 0 Å². The van der Waals surface area contributed by atoms with Gasteiger partial charge in [-0.05, 0) is 65.6 Å². The predicted molar refractivity (Wildman–Crippen MR) is 134 cm³/mol. The first-order valence-corrected chi connectivity index (χ1v) is 11.3. The van der Waals surface area contributed by atoms with Gasteiger partial charge in [0.2, 0.25) is 0 Å². The molecule has 0 saturated heterocycles. The number of fused-ring (bicyclic) bond motifs is 1. The van der Waals surface area contributed by atoms with E-state index in [0.29, 0.717) is 6.61 Å². The van der Waals surface area contributed by atoms with Crippen LogP contribution in [0.1, 0.15) is 22.3 Å². The third-order valence-electron chi connectivity index (χ3n) is 5.98. The SMILES string of the molecule is COc1ccc(CCNCc2c(OCc3ccccc3C)ccc3ccccc23)cc1OC. The Kier molecular flexibility index (Phi) is 7.48. The third kappa shape index (κ3) is 5.47. The molecule has 0 unspecified atom stereocenters. The molecule has 0 bridgehead atoms. The average Bonchev–Trinajstić information content (AvgIpc) is 2.86. The molecule has 4 rings (SSSR count). The summed E-state index contributed by atoms with van der Waals surface area (Å²) >= 11 is 0. The van der Waals surface area contributed by atoms with Gasteiger partial charge in [0.05, 0.1) is 14.2 Å². The van der Waals surface area contributed by atoms with Crippen LogP contribution >= 0.6 is 0 Å². The summed E-state index contributed by atoms with van der Waals surface area (Å²) in [4.78, 5) is 0. The van der Waals surface area contributed by atoms with Crippen LogP contribution in [0.3, 0.4) is 0 Å². The van der Waals surface area contributed by atoms with E-state index >= 15 is 0 Å². The molecule has 0 radical (unpaired) electrons. The lowest BCUT2D eigenvalue weighted by molar-refractivity contribution is 0.302. The monoisotopic (exact) mass is 441 g/mol. The van der Waals surface area contributed by atoms with E-state index in [1.165, 1.54) is 33.0 Å². The number of aryl methyl sites for hydroxylation is 1. The Bertz CT molecular complexity index is 1220. The van der Waals surface area contributed by atoms with E-state index < -0.39 is 0 Å². The highest BCUT2D eigenvalue weighted by molar-refractivity contribution is 5.87. The van der Waals surface area contributed by atoms with Crippen molar-refractivity contribution in [2.75, 3.05) is 20.8 Å². The molecule has 4 nitrogen and oxygen atoms in total. The molecule has 0 amide bonds. The number of rotatable bonds is 10. The van der Waals surface area contributed by atoms with Gasteiger partial charge in [-0.1, -0.05) is 60.7 Å².